The Morgan fingerprint density at radius 1 is 1.24 bits per heavy atom. The Hall–Kier alpha value is -1.55. The van der Waals surface area contributed by atoms with Gasteiger partial charge in [-0.25, -0.2) is 0 Å². The molecule has 2 N–H and O–H groups in total. The van der Waals surface area contributed by atoms with Gasteiger partial charge in [-0.15, -0.1) is 0 Å². The number of ether oxygens (including phenoxy) is 1. The van der Waals surface area contributed by atoms with Crippen LogP contribution in [0.5, 0.6) is 5.75 Å². The van der Waals surface area contributed by atoms with Gasteiger partial charge in [-0.05, 0) is 44.4 Å². The van der Waals surface area contributed by atoms with Crippen molar-refractivity contribution in [1.29, 1.82) is 0 Å². The summed E-state index contributed by atoms with van der Waals surface area (Å²) in [5, 5.41) is 12.5. The number of carbonyl (C=O) groups excluding carboxylic acids is 1. The summed E-state index contributed by atoms with van der Waals surface area (Å²) >= 11 is 0. The molecular weight excluding hydrogens is 266 g/mol. The van der Waals surface area contributed by atoms with E-state index in [0.717, 1.165) is 17.7 Å². The van der Waals surface area contributed by atoms with Crippen LogP contribution < -0.4 is 10.1 Å². The molecule has 2 atom stereocenters. The molecule has 0 saturated heterocycles. The van der Waals surface area contributed by atoms with Crippen LogP contribution in [0.4, 0.5) is 0 Å². The third-order valence-corrected chi connectivity index (χ3v) is 3.42. The van der Waals surface area contributed by atoms with Crippen LogP contribution in [-0.4, -0.2) is 29.8 Å². The summed E-state index contributed by atoms with van der Waals surface area (Å²) in [5.74, 6) is 0.401. The SMILES string of the molecule is CC[C@@H](O)[C@H](C)C(=O)NCCc1ccc(OC(C)C)cc1. The summed E-state index contributed by atoms with van der Waals surface area (Å²) in [5.41, 5.74) is 1.15. The number of amides is 1. The zero-order valence-corrected chi connectivity index (χ0v) is 13.4. The zero-order valence-electron chi connectivity index (χ0n) is 13.4. The molecule has 0 spiro atoms. The maximum Gasteiger partial charge on any atom is 0.225 e. The van der Waals surface area contributed by atoms with Crippen LogP contribution in [0, 0.1) is 5.92 Å². The van der Waals surface area contributed by atoms with E-state index >= 15 is 0 Å². The van der Waals surface area contributed by atoms with Crippen molar-refractivity contribution in [2.45, 2.75) is 52.7 Å². The standard InChI is InChI=1S/C17H27NO3/c1-5-16(19)13(4)17(20)18-11-10-14-6-8-15(9-7-14)21-12(2)3/h6-9,12-13,16,19H,5,10-11H2,1-4H3,(H,18,20)/t13-,16+/m0/s1. The summed E-state index contributed by atoms with van der Waals surface area (Å²) in [7, 11) is 0. The smallest absolute Gasteiger partial charge is 0.225 e. The van der Waals surface area contributed by atoms with Crippen molar-refractivity contribution in [2.75, 3.05) is 6.54 Å². The lowest BCUT2D eigenvalue weighted by atomic mass is 10.0. The van der Waals surface area contributed by atoms with Crippen LogP contribution in [0.2, 0.25) is 0 Å². The summed E-state index contributed by atoms with van der Waals surface area (Å²) in [6.45, 7) is 8.19. The normalized spacial score (nSPS) is 13.8. The lowest BCUT2D eigenvalue weighted by Gasteiger charge is -2.16. The summed E-state index contributed by atoms with van der Waals surface area (Å²) in [4.78, 5) is 11.8. The van der Waals surface area contributed by atoms with Gasteiger partial charge in [0.25, 0.3) is 0 Å². The number of carbonyl (C=O) groups is 1. The first-order chi connectivity index (χ1) is 9.93. The fraction of sp³-hybridized carbons (Fsp3) is 0.588. The lowest BCUT2D eigenvalue weighted by Crippen LogP contribution is -2.36. The average Bonchev–Trinajstić information content (AvgIpc) is 2.46. The van der Waals surface area contributed by atoms with Crippen molar-refractivity contribution in [3.05, 3.63) is 29.8 Å². The summed E-state index contributed by atoms with van der Waals surface area (Å²) in [6.07, 6.45) is 0.952. The first kappa shape index (κ1) is 17.5. The Kier molecular flexibility index (Phi) is 7.23. The van der Waals surface area contributed by atoms with E-state index < -0.39 is 6.10 Å². The van der Waals surface area contributed by atoms with Crippen LogP contribution >= 0.6 is 0 Å². The quantitative estimate of drug-likeness (QED) is 0.774. The van der Waals surface area contributed by atoms with E-state index in [4.69, 9.17) is 4.74 Å². The molecule has 1 aromatic rings. The molecule has 1 amide bonds. The van der Waals surface area contributed by atoms with Crippen molar-refractivity contribution >= 4 is 5.91 Å². The minimum atomic E-state index is -0.572. The minimum absolute atomic E-state index is 0.0934. The Labute approximate surface area is 127 Å². The molecule has 118 valence electrons. The van der Waals surface area contributed by atoms with E-state index in [1.165, 1.54) is 0 Å². The number of benzene rings is 1. The van der Waals surface area contributed by atoms with Gasteiger partial charge in [0.05, 0.1) is 18.1 Å². The molecule has 0 bridgehead atoms. The number of aliphatic hydroxyl groups excluding tert-OH is 1. The molecule has 0 aliphatic heterocycles. The van der Waals surface area contributed by atoms with Gasteiger partial charge in [0.2, 0.25) is 5.91 Å². The third-order valence-electron chi connectivity index (χ3n) is 3.42. The van der Waals surface area contributed by atoms with Gasteiger partial charge in [-0.1, -0.05) is 26.0 Å². The first-order valence-electron chi connectivity index (χ1n) is 7.65. The average molecular weight is 293 g/mol. The highest BCUT2D eigenvalue weighted by molar-refractivity contribution is 5.78. The summed E-state index contributed by atoms with van der Waals surface area (Å²) in [6, 6.07) is 7.91. The van der Waals surface area contributed by atoms with Crippen LogP contribution in [-0.2, 0) is 11.2 Å². The van der Waals surface area contributed by atoms with Gasteiger partial charge in [0.1, 0.15) is 5.75 Å². The second-order valence-corrected chi connectivity index (χ2v) is 5.62. The van der Waals surface area contributed by atoms with E-state index in [9.17, 15) is 9.90 Å². The first-order valence-corrected chi connectivity index (χ1v) is 7.65. The molecule has 1 rings (SSSR count). The largest absolute Gasteiger partial charge is 0.491 e. The molecule has 0 aliphatic carbocycles. The Bertz CT molecular complexity index is 428. The van der Waals surface area contributed by atoms with Gasteiger partial charge in [-0.2, -0.15) is 0 Å². The lowest BCUT2D eigenvalue weighted by molar-refractivity contribution is -0.127. The number of nitrogens with one attached hydrogen (secondary N) is 1. The molecule has 0 fully saturated rings. The molecule has 0 heterocycles. The van der Waals surface area contributed by atoms with E-state index in [2.05, 4.69) is 5.32 Å². The van der Waals surface area contributed by atoms with Crippen molar-refractivity contribution in [2.24, 2.45) is 5.92 Å². The molecule has 21 heavy (non-hydrogen) atoms. The second-order valence-electron chi connectivity index (χ2n) is 5.62. The van der Waals surface area contributed by atoms with E-state index in [-0.39, 0.29) is 17.9 Å². The van der Waals surface area contributed by atoms with E-state index in [1.54, 1.807) is 6.92 Å². The van der Waals surface area contributed by atoms with Crippen LogP contribution in [0.3, 0.4) is 0 Å². The number of hydrogen-bond acceptors (Lipinski definition) is 3. The zero-order chi connectivity index (χ0) is 15.8. The van der Waals surface area contributed by atoms with E-state index in [1.807, 2.05) is 45.0 Å². The monoisotopic (exact) mass is 293 g/mol. The van der Waals surface area contributed by atoms with Gasteiger partial charge in [0.15, 0.2) is 0 Å². The van der Waals surface area contributed by atoms with Crippen molar-refractivity contribution in [3.63, 3.8) is 0 Å². The predicted octanol–water partition coefficient (Wildman–Crippen LogP) is 2.54. The molecule has 0 radical (unpaired) electrons. The number of rotatable bonds is 8. The number of aliphatic hydroxyl groups is 1. The fourth-order valence-corrected chi connectivity index (χ4v) is 2.03. The fourth-order valence-electron chi connectivity index (χ4n) is 2.03. The molecule has 0 aromatic heterocycles. The Morgan fingerprint density at radius 3 is 2.38 bits per heavy atom. The maximum atomic E-state index is 11.8. The second kappa shape index (κ2) is 8.67. The maximum absolute atomic E-state index is 11.8. The van der Waals surface area contributed by atoms with Crippen molar-refractivity contribution in [1.82, 2.24) is 5.32 Å². The van der Waals surface area contributed by atoms with Crippen LogP contribution in [0.1, 0.15) is 39.7 Å². The molecule has 0 unspecified atom stereocenters. The molecule has 0 saturated carbocycles. The Balaban J connectivity index is 2.37. The topological polar surface area (TPSA) is 58.6 Å². The molecule has 4 heteroatoms. The third kappa shape index (κ3) is 6.17. The summed E-state index contributed by atoms with van der Waals surface area (Å²) < 4.78 is 5.58. The van der Waals surface area contributed by atoms with Gasteiger partial charge in [0, 0.05) is 6.54 Å². The van der Waals surface area contributed by atoms with E-state index in [0.29, 0.717) is 13.0 Å². The molecular formula is C17H27NO3. The van der Waals surface area contributed by atoms with Crippen molar-refractivity contribution in [3.8, 4) is 5.75 Å². The van der Waals surface area contributed by atoms with Gasteiger partial charge in [-0.3, -0.25) is 4.79 Å². The predicted molar refractivity (Wildman–Crippen MR) is 84.4 cm³/mol. The van der Waals surface area contributed by atoms with Crippen molar-refractivity contribution < 1.29 is 14.6 Å². The minimum Gasteiger partial charge on any atom is -0.491 e. The highest BCUT2D eigenvalue weighted by Gasteiger charge is 2.19. The van der Waals surface area contributed by atoms with Crippen LogP contribution in [0.15, 0.2) is 24.3 Å². The van der Waals surface area contributed by atoms with Crippen LogP contribution in [0.25, 0.3) is 0 Å². The van der Waals surface area contributed by atoms with Gasteiger partial charge < -0.3 is 15.2 Å². The molecule has 4 nitrogen and oxygen atoms in total. The van der Waals surface area contributed by atoms with Gasteiger partial charge >= 0.3 is 0 Å². The molecule has 1 aromatic carbocycles. The highest BCUT2D eigenvalue weighted by Crippen LogP contribution is 2.14. The molecule has 0 aliphatic rings. The highest BCUT2D eigenvalue weighted by atomic mass is 16.5. The number of hydrogen-bond donors (Lipinski definition) is 2. The Morgan fingerprint density at radius 2 is 1.86 bits per heavy atom.